The molecule has 0 radical (unpaired) electrons. The van der Waals surface area contributed by atoms with Crippen molar-refractivity contribution in [3.8, 4) is 11.3 Å². The zero-order valence-electron chi connectivity index (χ0n) is 17.0. The van der Waals surface area contributed by atoms with Crippen LogP contribution in [-0.2, 0) is 4.79 Å². The van der Waals surface area contributed by atoms with Gasteiger partial charge in [-0.1, -0.05) is 57.5 Å². The highest BCUT2D eigenvalue weighted by Crippen LogP contribution is 2.48. The van der Waals surface area contributed by atoms with Gasteiger partial charge in [-0.25, -0.2) is 0 Å². The maximum absolute atomic E-state index is 13.3. The van der Waals surface area contributed by atoms with Gasteiger partial charge in [-0.05, 0) is 73.2 Å². The topological polar surface area (TPSA) is 33.5 Å². The van der Waals surface area contributed by atoms with E-state index in [0.717, 1.165) is 37.0 Å². The number of halogens is 2. The average molecular weight is 523 g/mol. The number of rotatable bonds is 3. The van der Waals surface area contributed by atoms with Crippen LogP contribution in [-0.4, -0.2) is 5.91 Å². The second kappa shape index (κ2) is 8.66. The normalized spacial score (nSPS) is 12.7. The van der Waals surface area contributed by atoms with Crippen molar-refractivity contribution in [1.29, 1.82) is 0 Å². The van der Waals surface area contributed by atoms with Crippen LogP contribution in [0.3, 0.4) is 0 Å². The number of furan rings is 1. The molecule has 158 valence electrons. The van der Waals surface area contributed by atoms with Crippen molar-refractivity contribution in [3.63, 3.8) is 0 Å². The summed E-state index contributed by atoms with van der Waals surface area (Å²) in [5.74, 6) is 1.17. The van der Waals surface area contributed by atoms with Crippen LogP contribution in [0.5, 0.6) is 0 Å². The monoisotopic (exact) mass is 521 g/mol. The van der Waals surface area contributed by atoms with Crippen molar-refractivity contribution in [1.82, 2.24) is 0 Å². The van der Waals surface area contributed by atoms with Crippen LogP contribution in [0.1, 0.15) is 11.3 Å². The third-order valence-corrected chi connectivity index (χ3v) is 7.14. The molecule has 0 atom stereocenters. The molecule has 1 aromatic heterocycles. The number of fused-ring (bicyclic) bond motifs is 2. The van der Waals surface area contributed by atoms with Crippen LogP contribution >= 0.6 is 39.3 Å². The molecule has 5 rings (SSSR count). The minimum absolute atomic E-state index is 0.171. The van der Waals surface area contributed by atoms with Gasteiger partial charge < -0.3 is 4.42 Å². The Morgan fingerprint density at radius 2 is 1.81 bits per heavy atom. The van der Waals surface area contributed by atoms with Crippen molar-refractivity contribution < 1.29 is 9.21 Å². The molecule has 4 aromatic rings. The summed E-state index contributed by atoms with van der Waals surface area (Å²) in [5.41, 5.74) is 3.75. The molecule has 0 spiro atoms. The fraction of sp³-hybridized carbons (Fsp3) is 0.0385. The van der Waals surface area contributed by atoms with Gasteiger partial charge >= 0.3 is 0 Å². The van der Waals surface area contributed by atoms with Gasteiger partial charge in [0.2, 0.25) is 0 Å². The van der Waals surface area contributed by atoms with E-state index < -0.39 is 0 Å². The van der Waals surface area contributed by atoms with Gasteiger partial charge in [0.25, 0.3) is 5.91 Å². The lowest BCUT2D eigenvalue weighted by Crippen LogP contribution is -2.26. The molecule has 0 aliphatic carbocycles. The third kappa shape index (κ3) is 4.04. The van der Waals surface area contributed by atoms with Gasteiger partial charge in [0.1, 0.15) is 11.5 Å². The van der Waals surface area contributed by atoms with Gasteiger partial charge in [-0.2, -0.15) is 0 Å². The van der Waals surface area contributed by atoms with E-state index in [2.05, 4.69) is 15.9 Å². The van der Waals surface area contributed by atoms with Gasteiger partial charge in [-0.3, -0.25) is 9.69 Å². The molecule has 1 amide bonds. The quantitative estimate of drug-likeness (QED) is 0.253. The van der Waals surface area contributed by atoms with E-state index in [0.29, 0.717) is 10.8 Å². The molecule has 6 heteroatoms. The standard InChI is InChI=1S/C26H17BrClNO2S/c1-16-6-10-19(20(27)14-16)23-11-8-18(31-23)9-13-26(30)29-21-4-2-3-5-24(21)32-25-12-7-17(28)15-22(25)29/h2-15H,1H3/b13-9+. The number of aryl methyl sites for hydroxylation is 1. The summed E-state index contributed by atoms with van der Waals surface area (Å²) in [5, 5.41) is 0.588. The molecular formula is C26H17BrClNO2S. The minimum atomic E-state index is -0.171. The Hall–Kier alpha value is -2.73. The van der Waals surface area contributed by atoms with Crippen LogP contribution in [0.25, 0.3) is 17.4 Å². The number of benzene rings is 3. The lowest BCUT2D eigenvalue weighted by molar-refractivity contribution is -0.113. The van der Waals surface area contributed by atoms with Gasteiger partial charge in [0.05, 0.1) is 11.4 Å². The first-order valence-corrected chi connectivity index (χ1v) is 11.9. The zero-order chi connectivity index (χ0) is 22.2. The molecule has 0 fully saturated rings. The lowest BCUT2D eigenvalue weighted by atomic mass is 10.1. The van der Waals surface area contributed by atoms with E-state index in [-0.39, 0.29) is 5.91 Å². The fourth-order valence-corrected chi connectivity index (χ4v) is 5.49. The number of hydrogen-bond donors (Lipinski definition) is 0. The van der Waals surface area contributed by atoms with Crippen LogP contribution < -0.4 is 4.90 Å². The van der Waals surface area contributed by atoms with Crippen molar-refractivity contribution >= 4 is 62.7 Å². The predicted octanol–water partition coefficient (Wildman–Crippen LogP) is 8.51. The van der Waals surface area contributed by atoms with Gasteiger partial charge in [-0.15, -0.1) is 0 Å². The molecule has 0 saturated heterocycles. The number of nitrogens with zero attached hydrogens (tertiary/aromatic N) is 1. The number of carbonyl (C=O) groups excluding carboxylic acids is 1. The molecule has 0 N–H and O–H groups in total. The molecule has 0 unspecified atom stereocenters. The highest BCUT2D eigenvalue weighted by Gasteiger charge is 2.27. The molecule has 32 heavy (non-hydrogen) atoms. The minimum Gasteiger partial charge on any atom is -0.457 e. The van der Waals surface area contributed by atoms with Crippen molar-refractivity contribution in [2.45, 2.75) is 16.7 Å². The maximum atomic E-state index is 13.3. The summed E-state index contributed by atoms with van der Waals surface area (Å²) in [6.45, 7) is 2.04. The number of para-hydroxylation sites is 1. The van der Waals surface area contributed by atoms with Crippen LogP contribution in [0.15, 0.2) is 97.6 Å². The molecule has 0 bridgehead atoms. The molecule has 1 aliphatic rings. The number of amides is 1. The summed E-state index contributed by atoms with van der Waals surface area (Å²) in [4.78, 5) is 17.0. The SMILES string of the molecule is Cc1ccc(-c2ccc(/C=C/C(=O)N3c4ccccc4Sc4ccc(Cl)cc43)o2)c(Br)c1. The summed E-state index contributed by atoms with van der Waals surface area (Å²) < 4.78 is 6.94. The zero-order valence-corrected chi connectivity index (χ0v) is 20.2. The molecule has 1 aliphatic heterocycles. The van der Waals surface area contributed by atoms with Gasteiger partial charge in [0, 0.05) is 30.9 Å². The first-order chi connectivity index (χ1) is 15.5. The van der Waals surface area contributed by atoms with E-state index >= 15 is 0 Å². The van der Waals surface area contributed by atoms with Crippen LogP contribution in [0, 0.1) is 6.92 Å². The number of carbonyl (C=O) groups is 1. The smallest absolute Gasteiger partial charge is 0.255 e. The fourth-order valence-electron chi connectivity index (χ4n) is 3.60. The van der Waals surface area contributed by atoms with Crippen molar-refractivity contribution in [2.24, 2.45) is 0 Å². The van der Waals surface area contributed by atoms with E-state index in [1.807, 2.05) is 79.7 Å². The van der Waals surface area contributed by atoms with Gasteiger partial charge in [0.15, 0.2) is 0 Å². The van der Waals surface area contributed by atoms with E-state index in [1.165, 1.54) is 11.6 Å². The lowest BCUT2D eigenvalue weighted by Gasteiger charge is -2.30. The Kier molecular flexibility index (Phi) is 5.72. The molecule has 2 heterocycles. The van der Waals surface area contributed by atoms with Crippen molar-refractivity contribution in [2.75, 3.05) is 4.90 Å². The Balaban J connectivity index is 1.46. The highest BCUT2D eigenvalue weighted by atomic mass is 79.9. The molecular weight excluding hydrogens is 506 g/mol. The Morgan fingerprint density at radius 1 is 1.00 bits per heavy atom. The second-order valence-corrected chi connectivity index (χ2v) is 9.75. The first-order valence-electron chi connectivity index (χ1n) is 9.94. The summed E-state index contributed by atoms with van der Waals surface area (Å²) in [6, 6.07) is 23.3. The summed E-state index contributed by atoms with van der Waals surface area (Å²) >= 11 is 11.5. The van der Waals surface area contributed by atoms with Crippen LogP contribution in [0.2, 0.25) is 5.02 Å². The highest BCUT2D eigenvalue weighted by molar-refractivity contribution is 9.10. The average Bonchev–Trinajstić information content (AvgIpc) is 3.24. The maximum Gasteiger partial charge on any atom is 0.255 e. The van der Waals surface area contributed by atoms with E-state index in [1.54, 1.807) is 22.7 Å². The van der Waals surface area contributed by atoms with Crippen LogP contribution in [0.4, 0.5) is 11.4 Å². The summed E-state index contributed by atoms with van der Waals surface area (Å²) in [6.07, 6.45) is 3.23. The Labute approximate surface area is 203 Å². The first kappa shape index (κ1) is 21.1. The van der Waals surface area contributed by atoms with E-state index in [9.17, 15) is 4.79 Å². The second-order valence-electron chi connectivity index (χ2n) is 7.37. The molecule has 0 saturated carbocycles. The summed E-state index contributed by atoms with van der Waals surface area (Å²) in [7, 11) is 0. The predicted molar refractivity (Wildman–Crippen MR) is 135 cm³/mol. The largest absolute Gasteiger partial charge is 0.457 e. The Bertz CT molecular complexity index is 1380. The number of anilines is 2. The molecule has 3 aromatic carbocycles. The van der Waals surface area contributed by atoms with E-state index in [4.69, 9.17) is 16.0 Å². The van der Waals surface area contributed by atoms with Crippen molar-refractivity contribution in [3.05, 3.63) is 99.7 Å². The number of hydrogen-bond acceptors (Lipinski definition) is 3. The third-order valence-electron chi connectivity index (χ3n) is 5.12. The molecule has 3 nitrogen and oxygen atoms in total. The Morgan fingerprint density at radius 3 is 2.66 bits per heavy atom.